The average Bonchev–Trinajstić information content (AvgIpc) is 2.12. The van der Waals surface area contributed by atoms with Crippen LogP contribution in [0, 0.1) is 0 Å². The van der Waals surface area contributed by atoms with Crippen molar-refractivity contribution in [2.45, 2.75) is 26.2 Å². The Kier molecular flexibility index (Phi) is 6.59. The van der Waals surface area contributed by atoms with Crippen LogP contribution in [0.2, 0.25) is 0 Å². The molecule has 0 aliphatic rings. The minimum absolute atomic E-state index is 0.498. The third-order valence-corrected chi connectivity index (χ3v) is 3.15. The van der Waals surface area contributed by atoms with E-state index in [1.807, 2.05) is 0 Å². The van der Waals surface area contributed by atoms with Crippen molar-refractivity contribution in [2.75, 3.05) is 20.8 Å². The minimum Gasteiger partial charge on any atom is -0.367 e. The van der Waals surface area contributed by atoms with Crippen molar-refractivity contribution < 1.29 is 18.1 Å². The lowest BCUT2D eigenvalue weighted by Crippen LogP contribution is -2.44. The molecule has 0 rings (SSSR count). The van der Waals surface area contributed by atoms with Crippen molar-refractivity contribution in [3.05, 3.63) is 0 Å². The molecular formula is C7H18O4Si. The molecule has 1 N–H and O–H groups in total. The van der Waals surface area contributed by atoms with Gasteiger partial charge in [0.1, 0.15) is 0 Å². The van der Waals surface area contributed by atoms with E-state index in [-0.39, 0.29) is 0 Å². The highest BCUT2D eigenvalue weighted by Crippen LogP contribution is 2.04. The van der Waals surface area contributed by atoms with E-state index in [0.717, 1.165) is 19.3 Å². The summed E-state index contributed by atoms with van der Waals surface area (Å²) in [5, 5.41) is 0. The fourth-order valence-corrected chi connectivity index (χ4v) is 1.56. The van der Waals surface area contributed by atoms with E-state index in [1.165, 1.54) is 14.2 Å². The molecule has 0 aromatic carbocycles. The van der Waals surface area contributed by atoms with E-state index < -0.39 is 9.05 Å². The van der Waals surface area contributed by atoms with Crippen LogP contribution in [0.15, 0.2) is 0 Å². The maximum absolute atomic E-state index is 9.40. The van der Waals surface area contributed by atoms with E-state index in [1.54, 1.807) is 0 Å². The van der Waals surface area contributed by atoms with Crippen LogP contribution in [0.4, 0.5) is 0 Å². The molecule has 0 bridgehead atoms. The van der Waals surface area contributed by atoms with Gasteiger partial charge in [0.05, 0.1) is 0 Å². The zero-order valence-corrected chi connectivity index (χ0v) is 9.00. The van der Waals surface area contributed by atoms with Gasteiger partial charge < -0.3 is 18.1 Å². The number of hydrogen-bond acceptors (Lipinski definition) is 4. The molecule has 0 radical (unpaired) electrons. The Balaban J connectivity index is 3.45. The van der Waals surface area contributed by atoms with Crippen LogP contribution in [0.25, 0.3) is 0 Å². The summed E-state index contributed by atoms with van der Waals surface area (Å²) in [7, 11) is -0.478. The molecule has 4 nitrogen and oxygen atoms in total. The first-order valence-corrected chi connectivity index (χ1v) is 5.82. The highest BCUT2D eigenvalue weighted by Gasteiger charge is 2.38. The van der Waals surface area contributed by atoms with Gasteiger partial charge in [-0.1, -0.05) is 19.8 Å². The summed E-state index contributed by atoms with van der Waals surface area (Å²) in [6.07, 6.45) is 3.15. The van der Waals surface area contributed by atoms with E-state index >= 15 is 0 Å². The third kappa shape index (κ3) is 4.84. The highest BCUT2D eigenvalue weighted by atomic mass is 28.4. The summed E-state index contributed by atoms with van der Waals surface area (Å²) >= 11 is 0. The molecule has 5 heteroatoms. The van der Waals surface area contributed by atoms with Crippen molar-refractivity contribution in [2.24, 2.45) is 0 Å². The van der Waals surface area contributed by atoms with Crippen LogP contribution in [0.5, 0.6) is 0 Å². The predicted molar refractivity (Wildman–Crippen MR) is 47.5 cm³/mol. The Labute approximate surface area is 74.9 Å². The summed E-state index contributed by atoms with van der Waals surface area (Å²) in [4.78, 5) is 9.40. The number of unbranched alkanes of at least 4 members (excludes halogenated alkanes) is 2. The molecule has 0 aromatic heterocycles. The Hall–Kier alpha value is 0.0569. The van der Waals surface area contributed by atoms with Crippen molar-refractivity contribution in [3.8, 4) is 0 Å². The molecule has 0 aliphatic heterocycles. The van der Waals surface area contributed by atoms with Crippen molar-refractivity contribution in [3.63, 3.8) is 0 Å². The molecular weight excluding hydrogens is 176 g/mol. The van der Waals surface area contributed by atoms with E-state index in [4.69, 9.17) is 13.3 Å². The summed E-state index contributed by atoms with van der Waals surface area (Å²) in [6.45, 7) is 2.61. The Morgan fingerprint density at radius 3 is 2.17 bits per heavy atom. The molecule has 0 amide bonds. The Bertz CT molecular complexity index is 106. The van der Waals surface area contributed by atoms with Gasteiger partial charge in [0.2, 0.25) is 0 Å². The van der Waals surface area contributed by atoms with Gasteiger partial charge in [0.15, 0.2) is 0 Å². The van der Waals surface area contributed by atoms with E-state index in [0.29, 0.717) is 6.61 Å². The van der Waals surface area contributed by atoms with Crippen LogP contribution in [-0.4, -0.2) is 34.7 Å². The maximum Gasteiger partial charge on any atom is 0.676 e. The smallest absolute Gasteiger partial charge is 0.367 e. The van der Waals surface area contributed by atoms with Gasteiger partial charge in [-0.2, -0.15) is 0 Å². The second-order valence-corrected chi connectivity index (χ2v) is 4.64. The van der Waals surface area contributed by atoms with Gasteiger partial charge in [0, 0.05) is 20.8 Å². The normalized spacial score (nSPS) is 12.0. The topological polar surface area (TPSA) is 47.9 Å². The van der Waals surface area contributed by atoms with Crippen LogP contribution >= 0.6 is 0 Å². The van der Waals surface area contributed by atoms with Crippen LogP contribution in [-0.2, 0) is 13.3 Å². The van der Waals surface area contributed by atoms with Crippen LogP contribution in [0.3, 0.4) is 0 Å². The zero-order valence-electron chi connectivity index (χ0n) is 8.00. The van der Waals surface area contributed by atoms with Gasteiger partial charge in [-0.05, 0) is 6.42 Å². The molecule has 12 heavy (non-hydrogen) atoms. The quantitative estimate of drug-likeness (QED) is 0.483. The lowest BCUT2D eigenvalue weighted by molar-refractivity contribution is 0.0223. The first-order valence-electron chi connectivity index (χ1n) is 4.15. The fraction of sp³-hybridized carbons (Fsp3) is 1.00. The first-order chi connectivity index (χ1) is 5.68. The predicted octanol–water partition coefficient (Wildman–Crippen LogP) is 0.914. The summed E-state index contributed by atoms with van der Waals surface area (Å²) in [6, 6.07) is 0. The van der Waals surface area contributed by atoms with Crippen molar-refractivity contribution in [1.82, 2.24) is 0 Å². The first kappa shape index (κ1) is 12.1. The molecule has 0 saturated carbocycles. The molecule has 0 unspecified atom stereocenters. The molecule has 0 spiro atoms. The molecule has 0 heterocycles. The maximum atomic E-state index is 9.40. The summed E-state index contributed by atoms with van der Waals surface area (Å²) in [5.74, 6) is 0. The monoisotopic (exact) mass is 194 g/mol. The molecule has 0 saturated heterocycles. The van der Waals surface area contributed by atoms with Gasteiger partial charge in [0.25, 0.3) is 0 Å². The van der Waals surface area contributed by atoms with Crippen LogP contribution in [0.1, 0.15) is 26.2 Å². The largest absolute Gasteiger partial charge is 0.676 e. The second kappa shape index (κ2) is 6.56. The Morgan fingerprint density at radius 2 is 1.75 bits per heavy atom. The number of rotatable bonds is 7. The molecule has 0 fully saturated rings. The lowest BCUT2D eigenvalue weighted by Gasteiger charge is -2.18. The molecule has 0 aliphatic carbocycles. The summed E-state index contributed by atoms with van der Waals surface area (Å²) in [5.41, 5.74) is 0. The van der Waals surface area contributed by atoms with Crippen molar-refractivity contribution in [1.29, 1.82) is 0 Å². The average molecular weight is 194 g/mol. The molecule has 0 atom stereocenters. The van der Waals surface area contributed by atoms with Crippen molar-refractivity contribution >= 4 is 9.05 Å². The minimum atomic E-state index is -3.25. The van der Waals surface area contributed by atoms with Gasteiger partial charge in [-0.15, -0.1) is 0 Å². The van der Waals surface area contributed by atoms with Gasteiger partial charge in [-0.3, -0.25) is 0 Å². The molecule has 74 valence electrons. The van der Waals surface area contributed by atoms with E-state index in [2.05, 4.69) is 6.92 Å². The lowest BCUT2D eigenvalue weighted by atomic mass is 10.3. The second-order valence-electron chi connectivity index (χ2n) is 2.49. The zero-order chi connectivity index (χ0) is 9.45. The van der Waals surface area contributed by atoms with E-state index in [9.17, 15) is 4.80 Å². The van der Waals surface area contributed by atoms with Gasteiger partial charge >= 0.3 is 9.05 Å². The Morgan fingerprint density at radius 1 is 1.17 bits per heavy atom. The molecule has 0 aromatic rings. The third-order valence-electron chi connectivity index (χ3n) is 1.55. The van der Waals surface area contributed by atoms with Crippen LogP contribution < -0.4 is 0 Å². The standard InChI is InChI=1S/C7H18O4Si/c1-4-5-6-7-11-12(8,9-2)10-3/h8H,4-7H2,1-3H3. The highest BCUT2D eigenvalue weighted by molar-refractivity contribution is 6.51. The SMILES string of the molecule is CCCCCO[Si](O)(OC)OC. The van der Waals surface area contributed by atoms with Gasteiger partial charge in [-0.25, -0.2) is 0 Å². The fourth-order valence-electron chi connectivity index (χ4n) is 0.754. The number of hydrogen-bond donors (Lipinski definition) is 1. The summed E-state index contributed by atoms with van der Waals surface area (Å²) < 4.78 is 14.5.